The van der Waals surface area contributed by atoms with Crippen LogP contribution in [0.3, 0.4) is 0 Å². The number of hydroxylamine groups is 2. The lowest BCUT2D eigenvalue weighted by Gasteiger charge is -2.23. The first-order valence-corrected chi connectivity index (χ1v) is 11.3. The Morgan fingerprint density at radius 1 is 1.19 bits per heavy atom. The molecule has 1 aliphatic rings. The topological polar surface area (TPSA) is 159 Å². The summed E-state index contributed by atoms with van der Waals surface area (Å²) >= 11 is 0. The van der Waals surface area contributed by atoms with Gasteiger partial charge in [-0.25, -0.2) is 13.2 Å². The fraction of sp³-hybridized carbons (Fsp3) is 0.611. The van der Waals surface area contributed by atoms with E-state index in [-0.39, 0.29) is 32.4 Å². The molecule has 1 unspecified atom stereocenters. The van der Waals surface area contributed by atoms with Crippen molar-refractivity contribution in [2.45, 2.75) is 44.6 Å². The summed E-state index contributed by atoms with van der Waals surface area (Å²) in [5.41, 5.74) is 8.28. The Hall–Kier alpha value is -2.89. The fourth-order valence-corrected chi connectivity index (χ4v) is 4.35. The summed E-state index contributed by atoms with van der Waals surface area (Å²) < 4.78 is 31.8. The molecule has 31 heavy (non-hydrogen) atoms. The summed E-state index contributed by atoms with van der Waals surface area (Å²) in [5.74, 6) is -1.87. The van der Waals surface area contributed by atoms with E-state index in [1.807, 2.05) is 0 Å². The van der Waals surface area contributed by atoms with Gasteiger partial charge in [-0.15, -0.1) is 13.2 Å². The SMILES string of the molecule is C=CCN(CC=C)S(=O)(=O)CC(CCCCCN=[N+]=[N-])OC(=O)ON1C(=O)CCC1=O. The minimum Gasteiger partial charge on any atom is -0.428 e. The van der Waals surface area contributed by atoms with E-state index in [9.17, 15) is 22.8 Å². The maximum Gasteiger partial charge on any atom is 0.534 e. The second-order valence-corrected chi connectivity index (χ2v) is 8.65. The molecule has 0 N–H and O–H groups in total. The molecule has 12 nitrogen and oxygen atoms in total. The van der Waals surface area contributed by atoms with Crippen LogP contribution in [0.15, 0.2) is 30.4 Å². The van der Waals surface area contributed by atoms with Gasteiger partial charge in [0.05, 0.1) is 0 Å². The van der Waals surface area contributed by atoms with Crippen LogP contribution in [-0.2, 0) is 29.2 Å². The van der Waals surface area contributed by atoms with E-state index in [1.54, 1.807) is 0 Å². The Balaban J connectivity index is 2.81. The number of imide groups is 1. The monoisotopic (exact) mass is 457 g/mol. The van der Waals surface area contributed by atoms with Crippen LogP contribution in [0, 0.1) is 0 Å². The summed E-state index contributed by atoms with van der Waals surface area (Å²) in [6.45, 7) is 7.46. The summed E-state index contributed by atoms with van der Waals surface area (Å²) in [6, 6.07) is 0. The van der Waals surface area contributed by atoms with Crippen LogP contribution in [0.5, 0.6) is 0 Å². The number of rotatable bonds is 15. The highest BCUT2D eigenvalue weighted by molar-refractivity contribution is 7.89. The number of carbonyl (C=O) groups is 3. The first-order valence-electron chi connectivity index (χ1n) is 9.70. The van der Waals surface area contributed by atoms with Gasteiger partial charge in [-0.1, -0.05) is 28.8 Å². The summed E-state index contributed by atoms with van der Waals surface area (Å²) in [4.78, 5) is 42.6. The first kappa shape index (κ1) is 26.1. The van der Waals surface area contributed by atoms with Crippen molar-refractivity contribution < 1.29 is 32.4 Å². The summed E-state index contributed by atoms with van der Waals surface area (Å²) in [6.07, 6.45) is 2.14. The van der Waals surface area contributed by atoms with E-state index in [0.29, 0.717) is 30.9 Å². The van der Waals surface area contributed by atoms with E-state index < -0.39 is 39.8 Å². The molecular formula is C18H27N5O7S. The lowest BCUT2D eigenvalue weighted by Crippen LogP contribution is -2.39. The first-order chi connectivity index (χ1) is 14.7. The molecule has 0 aromatic heterocycles. The number of unbranched alkanes of at least 4 members (excludes halogenated alkanes) is 2. The average molecular weight is 458 g/mol. The van der Waals surface area contributed by atoms with Crippen LogP contribution in [0.25, 0.3) is 10.4 Å². The zero-order chi connectivity index (χ0) is 23.3. The molecule has 1 fully saturated rings. The van der Waals surface area contributed by atoms with Gasteiger partial charge in [0.2, 0.25) is 10.0 Å². The maximum atomic E-state index is 12.7. The number of hydrogen-bond acceptors (Lipinski definition) is 8. The minimum absolute atomic E-state index is 0.0501. The quantitative estimate of drug-likeness (QED) is 0.0694. The van der Waals surface area contributed by atoms with Crippen molar-refractivity contribution in [2.24, 2.45) is 5.11 Å². The number of nitrogens with zero attached hydrogens (tertiary/aromatic N) is 5. The zero-order valence-corrected chi connectivity index (χ0v) is 18.0. The molecule has 1 saturated heterocycles. The van der Waals surface area contributed by atoms with E-state index >= 15 is 0 Å². The van der Waals surface area contributed by atoms with Gasteiger partial charge < -0.3 is 4.74 Å². The van der Waals surface area contributed by atoms with Crippen LogP contribution < -0.4 is 0 Å². The van der Waals surface area contributed by atoms with Crippen LogP contribution in [-0.4, -0.2) is 67.2 Å². The molecule has 1 aliphatic heterocycles. The van der Waals surface area contributed by atoms with Crippen molar-refractivity contribution in [1.82, 2.24) is 9.37 Å². The number of hydrogen-bond donors (Lipinski definition) is 0. The van der Waals surface area contributed by atoms with Crippen molar-refractivity contribution in [3.05, 3.63) is 35.8 Å². The fourth-order valence-electron chi connectivity index (χ4n) is 2.77. The zero-order valence-electron chi connectivity index (χ0n) is 17.2. The molecule has 172 valence electrons. The lowest BCUT2D eigenvalue weighted by molar-refractivity contribution is -0.178. The number of ether oxygens (including phenoxy) is 1. The van der Waals surface area contributed by atoms with E-state index in [0.717, 1.165) is 4.31 Å². The molecule has 1 atom stereocenters. The van der Waals surface area contributed by atoms with Crippen molar-refractivity contribution in [3.63, 3.8) is 0 Å². The summed E-state index contributed by atoms with van der Waals surface area (Å²) in [7, 11) is -3.85. The normalized spacial score (nSPS) is 14.8. The van der Waals surface area contributed by atoms with Gasteiger partial charge >= 0.3 is 6.16 Å². The van der Waals surface area contributed by atoms with Gasteiger partial charge in [-0.3, -0.25) is 14.4 Å². The van der Waals surface area contributed by atoms with Crippen molar-refractivity contribution in [2.75, 3.05) is 25.4 Å². The van der Waals surface area contributed by atoms with E-state index in [2.05, 4.69) is 28.0 Å². The van der Waals surface area contributed by atoms with Gasteiger partial charge in [0.15, 0.2) is 0 Å². The lowest BCUT2D eigenvalue weighted by atomic mass is 10.1. The Morgan fingerprint density at radius 3 is 2.35 bits per heavy atom. The molecule has 2 amide bonds. The Kier molecular flexibility index (Phi) is 11.3. The predicted molar refractivity (Wildman–Crippen MR) is 111 cm³/mol. The van der Waals surface area contributed by atoms with Gasteiger partial charge in [-0.2, -0.15) is 4.31 Å². The van der Waals surface area contributed by atoms with Crippen LogP contribution in [0.1, 0.15) is 38.5 Å². The molecule has 1 heterocycles. The molecule has 0 bridgehead atoms. The third kappa shape index (κ3) is 9.20. The van der Waals surface area contributed by atoms with Crippen molar-refractivity contribution in [3.8, 4) is 0 Å². The largest absolute Gasteiger partial charge is 0.534 e. The standard InChI is InChI=1S/C18H27N5O7S/c1-3-12-22(13-4-2)31(27,28)14-15(8-6-5-7-11-20-21-19)29-18(26)30-23-16(24)9-10-17(23)25/h3-4,15H,1-2,5-14H2. The average Bonchev–Trinajstić information content (AvgIpc) is 3.02. The molecule has 0 aliphatic carbocycles. The predicted octanol–water partition coefficient (Wildman–Crippen LogP) is 2.45. The van der Waals surface area contributed by atoms with E-state index in [4.69, 9.17) is 10.3 Å². The smallest absolute Gasteiger partial charge is 0.428 e. The third-order valence-electron chi connectivity index (χ3n) is 4.24. The van der Waals surface area contributed by atoms with E-state index in [1.165, 1.54) is 12.2 Å². The Morgan fingerprint density at radius 2 is 1.81 bits per heavy atom. The second-order valence-electron chi connectivity index (χ2n) is 6.64. The molecule has 0 saturated carbocycles. The highest BCUT2D eigenvalue weighted by Gasteiger charge is 2.35. The third-order valence-corrected chi connectivity index (χ3v) is 6.12. The van der Waals surface area contributed by atoms with Gasteiger partial charge in [0.1, 0.15) is 11.9 Å². The van der Waals surface area contributed by atoms with Crippen LogP contribution in [0.2, 0.25) is 0 Å². The number of carbonyl (C=O) groups excluding carboxylic acids is 3. The number of amides is 2. The number of sulfonamides is 1. The molecule has 13 heteroatoms. The molecule has 0 spiro atoms. The summed E-state index contributed by atoms with van der Waals surface area (Å²) in [5, 5.41) is 3.75. The van der Waals surface area contributed by atoms with Crippen LogP contribution >= 0.6 is 0 Å². The molecule has 1 rings (SSSR count). The van der Waals surface area contributed by atoms with Gasteiger partial charge in [0.25, 0.3) is 11.8 Å². The highest BCUT2D eigenvalue weighted by atomic mass is 32.2. The van der Waals surface area contributed by atoms with Crippen LogP contribution in [0.4, 0.5) is 4.79 Å². The van der Waals surface area contributed by atoms with Crippen molar-refractivity contribution in [1.29, 1.82) is 0 Å². The molecule has 0 radical (unpaired) electrons. The molecular weight excluding hydrogens is 430 g/mol. The second kappa shape index (κ2) is 13.4. The Labute approximate surface area is 181 Å². The molecule has 0 aromatic rings. The minimum atomic E-state index is -3.85. The van der Waals surface area contributed by atoms with Crippen molar-refractivity contribution >= 4 is 28.0 Å². The highest BCUT2D eigenvalue weighted by Crippen LogP contribution is 2.16. The molecule has 0 aromatic carbocycles. The number of azide groups is 1. The van der Waals surface area contributed by atoms with Gasteiger partial charge in [0, 0.05) is 37.4 Å². The maximum absolute atomic E-state index is 12.7. The van der Waals surface area contributed by atoms with Gasteiger partial charge in [-0.05, 0) is 24.8 Å². The Bertz CT molecular complexity index is 797.